The van der Waals surface area contributed by atoms with E-state index >= 15 is 0 Å². The van der Waals surface area contributed by atoms with Crippen LogP contribution in [-0.4, -0.2) is 51.1 Å². The van der Waals surface area contributed by atoms with Crippen LogP contribution in [0.15, 0.2) is 0 Å². The van der Waals surface area contributed by atoms with Crippen LogP contribution in [0.1, 0.15) is 155 Å². The van der Waals surface area contributed by atoms with Gasteiger partial charge in [0.15, 0.2) is 0 Å². The fraction of sp³-hybridized carbons (Fsp3) is 1.00. The fourth-order valence-corrected chi connectivity index (χ4v) is 4.18. The lowest BCUT2D eigenvalue weighted by Gasteiger charge is -2.08. The first-order valence-electron chi connectivity index (χ1n) is 14.8. The predicted molar refractivity (Wildman–Crippen MR) is 150 cm³/mol. The van der Waals surface area contributed by atoms with Gasteiger partial charge in [0.1, 0.15) is 0 Å². The standard InChI is InChI=1S/2C15H33N/c2*1-4-5-6-7-8-9-10-11-12-13-14-15-16(2)3/h2*4-15H2,1-3H3. The molecule has 0 atom stereocenters. The van der Waals surface area contributed by atoms with Gasteiger partial charge in [0.2, 0.25) is 0 Å². The van der Waals surface area contributed by atoms with Gasteiger partial charge < -0.3 is 9.80 Å². The molecule has 0 N–H and O–H groups in total. The second kappa shape index (κ2) is 30.9. The minimum Gasteiger partial charge on any atom is -0.309 e. The van der Waals surface area contributed by atoms with Gasteiger partial charge in [-0.25, -0.2) is 0 Å². The van der Waals surface area contributed by atoms with Gasteiger partial charge in [0.05, 0.1) is 0 Å². The normalized spacial score (nSPS) is 11.2. The number of hydrogen-bond donors (Lipinski definition) is 0. The molecule has 0 rings (SSSR count). The van der Waals surface area contributed by atoms with Gasteiger partial charge >= 0.3 is 0 Å². The van der Waals surface area contributed by atoms with Gasteiger partial charge in [-0.05, 0) is 54.1 Å². The smallest absolute Gasteiger partial charge is 0.00248 e. The molecule has 0 aliphatic heterocycles. The lowest BCUT2D eigenvalue weighted by molar-refractivity contribution is 0.389. The molecule has 0 aromatic rings. The maximum absolute atomic E-state index is 2.29. The van der Waals surface area contributed by atoms with E-state index in [1.807, 2.05) is 0 Å². The molecular weight excluding hydrogens is 388 g/mol. The second-order valence-electron chi connectivity index (χ2n) is 10.7. The minimum atomic E-state index is 1.26. The van der Waals surface area contributed by atoms with Crippen LogP contribution >= 0.6 is 0 Å². The summed E-state index contributed by atoms with van der Waals surface area (Å²) in [6, 6.07) is 0. The van der Waals surface area contributed by atoms with Gasteiger partial charge in [-0.1, -0.05) is 142 Å². The monoisotopic (exact) mass is 455 g/mol. The second-order valence-corrected chi connectivity index (χ2v) is 10.7. The van der Waals surface area contributed by atoms with Crippen molar-refractivity contribution in [3.8, 4) is 0 Å². The van der Waals surface area contributed by atoms with Crippen LogP contribution in [0.5, 0.6) is 0 Å². The first-order valence-corrected chi connectivity index (χ1v) is 14.8. The predicted octanol–water partition coefficient (Wildman–Crippen LogP) is 9.72. The molecule has 0 aliphatic rings. The SMILES string of the molecule is CCCCCCCCCCCCCN(C)C.CCCCCCCCCCCCCN(C)C. The van der Waals surface area contributed by atoms with Gasteiger partial charge in [-0.15, -0.1) is 0 Å². The summed E-state index contributed by atoms with van der Waals surface area (Å²) in [5.41, 5.74) is 0. The maximum atomic E-state index is 2.29. The minimum absolute atomic E-state index is 1.26. The first kappa shape index (κ1) is 34.1. The molecule has 0 spiro atoms. The van der Waals surface area contributed by atoms with E-state index in [4.69, 9.17) is 0 Å². The average molecular weight is 455 g/mol. The number of nitrogens with zero attached hydrogens (tertiary/aromatic N) is 2. The zero-order valence-electron chi connectivity index (χ0n) is 23.9. The van der Waals surface area contributed by atoms with Gasteiger partial charge in [0.25, 0.3) is 0 Å². The third kappa shape index (κ3) is 37.2. The van der Waals surface area contributed by atoms with Crippen molar-refractivity contribution >= 4 is 0 Å². The molecule has 0 bridgehead atoms. The van der Waals surface area contributed by atoms with Crippen molar-refractivity contribution < 1.29 is 0 Å². The number of rotatable bonds is 24. The van der Waals surface area contributed by atoms with Crippen LogP contribution < -0.4 is 0 Å². The molecule has 0 radical (unpaired) electrons. The summed E-state index contributed by atoms with van der Waals surface area (Å²) in [6.45, 7) is 7.09. The molecular formula is C30H66N2. The summed E-state index contributed by atoms with van der Waals surface area (Å²) in [5, 5.41) is 0. The quantitative estimate of drug-likeness (QED) is 0.134. The maximum Gasteiger partial charge on any atom is -0.00248 e. The Bertz CT molecular complexity index is 271. The highest BCUT2D eigenvalue weighted by Crippen LogP contribution is 2.12. The molecule has 0 amide bonds. The molecule has 32 heavy (non-hydrogen) atoms. The van der Waals surface area contributed by atoms with Crippen LogP contribution in [0.4, 0.5) is 0 Å². The summed E-state index contributed by atoms with van der Waals surface area (Å²) in [7, 11) is 8.65. The lowest BCUT2D eigenvalue weighted by atomic mass is 10.1. The Kier molecular flexibility index (Phi) is 32.9. The summed E-state index contributed by atoms with van der Waals surface area (Å²) in [4.78, 5) is 4.57. The lowest BCUT2D eigenvalue weighted by Crippen LogP contribution is -2.12. The molecule has 0 fully saturated rings. The molecule has 0 aromatic carbocycles. The van der Waals surface area contributed by atoms with Crippen molar-refractivity contribution in [1.29, 1.82) is 0 Å². The third-order valence-corrected chi connectivity index (χ3v) is 6.42. The highest BCUT2D eigenvalue weighted by molar-refractivity contribution is 4.50. The number of unbranched alkanes of at least 4 members (excludes halogenated alkanes) is 20. The zero-order valence-corrected chi connectivity index (χ0v) is 23.9. The van der Waals surface area contributed by atoms with E-state index in [0.717, 1.165) is 0 Å². The van der Waals surface area contributed by atoms with Crippen molar-refractivity contribution in [1.82, 2.24) is 9.80 Å². The van der Waals surface area contributed by atoms with E-state index in [-0.39, 0.29) is 0 Å². The van der Waals surface area contributed by atoms with E-state index in [9.17, 15) is 0 Å². The molecule has 0 saturated carbocycles. The number of hydrogen-bond acceptors (Lipinski definition) is 2. The van der Waals surface area contributed by atoms with Crippen molar-refractivity contribution in [2.75, 3.05) is 41.3 Å². The molecule has 0 saturated heterocycles. The van der Waals surface area contributed by atoms with Crippen LogP contribution in [0, 0.1) is 0 Å². The van der Waals surface area contributed by atoms with Gasteiger partial charge in [-0.3, -0.25) is 0 Å². The Balaban J connectivity index is 0. The van der Waals surface area contributed by atoms with E-state index in [0.29, 0.717) is 0 Å². The Morgan fingerprint density at radius 3 is 0.656 bits per heavy atom. The Morgan fingerprint density at radius 1 is 0.281 bits per heavy atom. The summed E-state index contributed by atoms with van der Waals surface area (Å²) in [6.07, 6.45) is 31.7. The average Bonchev–Trinajstić information content (AvgIpc) is 2.76. The molecule has 196 valence electrons. The van der Waals surface area contributed by atoms with E-state index in [2.05, 4.69) is 51.8 Å². The highest BCUT2D eigenvalue weighted by atomic mass is 15.0. The molecule has 0 unspecified atom stereocenters. The molecule has 0 heterocycles. The van der Waals surface area contributed by atoms with E-state index in [1.165, 1.54) is 154 Å². The zero-order chi connectivity index (χ0) is 24.1. The van der Waals surface area contributed by atoms with Crippen LogP contribution in [0.3, 0.4) is 0 Å². The molecule has 2 heteroatoms. The molecule has 2 nitrogen and oxygen atoms in total. The van der Waals surface area contributed by atoms with Crippen LogP contribution in [-0.2, 0) is 0 Å². The van der Waals surface area contributed by atoms with Crippen molar-refractivity contribution in [2.45, 2.75) is 155 Å². The summed E-state index contributed by atoms with van der Waals surface area (Å²) < 4.78 is 0. The van der Waals surface area contributed by atoms with Crippen LogP contribution in [0.25, 0.3) is 0 Å². The Morgan fingerprint density at radius 2 is 0.469 bits per heavy atom. The summed E-state index contributed by atoms with van der Waals surface area (Å²) in [5.74, 6) is 0. The van der Waals surface area contributed by atoms with Gasteiger partial charge in [-0.2, -0.15) is 0 Å². The molecule has 0 aliphatic carbocycles. The largest absolute Gasteiger partial charge is 0.309 e. The fourth-order valence-electron chi connectivity index (χ4n) is 4.18. The van der Waals surface area contributed by atoms with Crippen LogP contribution in [0.2, 0.25) is 0 Å². The molecule has 0 aromatic heterocycles. The third-order valence-electron chi connectivity index (χ3n) is 6.42. The van der Waals surface area contributed by atoms with Gasteiger partial charge in [0, 0.05) is 0 Å². The Labute approximate surface area is 206 Å². The Hall–Kier alpha value is -0.0800. The van der Waals surface area contributed by atoms with E-state index < -0.39 is 0 Å². The highest BCUT2D eigenvalue weighted by Gasteiger charge is 1.95. The topological polar surface area (TPSA) is 6.48 Å². The van der Waals surface area contributed by atoms with Crippen molar-refractivity contribution in [3.63, 3.8) is 0 Å². The van der Waals surface area contributed by atoms with E-state index in [1.54, 1.807) is 0 Å². The summed E-state index contributed by atoms with van der Waals surface area (Å²) >= 11 is 0. The van der Waals surface area contributed by atoms with Crippen molar-refractivity contribution in [3.05, 3.63) is 0 Å². The first-order chi connectivity index (χ1) is 15.5. The van der Waals surface area contributed by atoms with Crippen molar-refractivity contribution in [2.24, 2.45) is 0 Å².